The standard InChI is InChI=1S/C36H47N3O5/c1-7-18-37(19-8-2)32(41)29-30-33(42)39(28(23-40)21-24(4)5)31(36(30)17-16-35(29,6)44-36)34(43)38(20-9-3)27-15-14-25-12-10-11-13-26(25)22-27/h7,9-15,22,24,28-31,40H,1,3,8,16-21,23H2,2,4-6H3/t28-,29+,30+,31?,35-,36?/m1/s1. The Balaban J connectivity index is 1.63. The first-order valence-electron chi connectivity index (χ1n) is 16.0. The number of aliphatic hydroxyl groups is 1. The van der Waals surface area contributed by atoms with E-state index in [1.54, 1.807) is 26.9 Å². The molecule has 0 saturated carbocycles. The number of anilines is 1. The van der Waals surface area contributed by atoms with Crippen molar-refractivity contribution in [2.45, 2.75) is 76.7 Å². The average Bonchev–Trinajstić information content (AvgIpc) is 3.58. The third kappa shape index (κ3) is 5.16. The van der Waals surface area contributed by atoms with Gasteiger partial charge in [-0.1, -0.05) is 63.3 Å². The fourth-order valence-corrected chi connectivity index (χ4v) is 8.09. The van der Waals surface area contributed by atoms with Crippen LogP contribution in [0.25, 0.3) is 10.8 Å². The van der Waals surface area contributed by atoms with Gasteiger partial charge in [0.05, 0.1) is 30.1 Å². The monoisotopic (exact) mass is 601 g/mol. The molecule has 1 N–H and O–H groups in total. The molecule has 3 heterocycles. The van der Waals surface area contributed by atoms with E-state index in [0.29, 0.717) is 38.0 Å². The molecular weight excluding hydrogens is 554 g/mol. The van der Waals surface area contributed by atoms with Crippen molar-refractivity contribution in [3.63, 3.8) is 0 Å². The predicted molar refractivity (Wildman–Crippen MR) is 173 cm³/mol. The molecule has 8 heteroatoms. The van der Waals surface area contributed by atoms with Gasteiger partial charge in [0.2, 0.25) is 11.8 Å². The number of amides is 3. The van der Waals surface area contributed by atoms with E-state index < -0.39 is 35.1 Å². The van der Waals surface area contributed by atoms with Crippen LogP contribution in [0.4, 0.5) is 5.69 Å². The van der Waals surface area contributed by atoms with E-state index in [4.69, 9.17) is 4.74 Å². The lowest BCUT2D eigenvalue weighted by molar-refractivity contribution is -0.152. The molecule has 0 aliphatic carbocycles. The van der Waals surface area contributed by atoms with E-state index in [1.807, 2.05) is 70.2 Å². The van der Waals surface area contributed by atoms with E-state index in [-0.39, 0.29) is 36.8 Å². The zero-order valence-electron chi connectivity index (χ0n) is 26.6. The maximum absolute atomic E-state index is 15.0. The van der Waals surface area contributed by atoms with Gasteiger partial charge < -0.3 is 24.5 Å². The van der Waals surface area contributed by atoms with Gasteiger partial charge in [-0.15, -0.1) is 13.2 Å². The lowest BCUT2D eigenvalue weighted by Gasteiger charge is -2.40. The molecule has 1 spiro atoms. The first kappa shape index (κ1) is 31.9. The summed E-state index contributed by atoms with van der Waals surface area (Å²) in [5, 5.41) is 12.7. The number of aliphatic hydroxyl groups excluding tert-OH is 1. The zero-order valence-corrected chi connectivity index (χ0v) is 26.6. The maximum atomic E-state index is 15.0. The van der Waals surface area contributed by atoms with E-state index in [0.717, 1.165) is 17.2 Å². The van der Waals surface area contributed by atoms with Crippen LogP contribution in [0, 0.1) is 17.8 Å². The minimum Gasteiger partial charge on any atom is -0.394 e. The van der Waals surface area contributed by atoms with Crippen molar-refractivity contribution >= 4 is 34.2 Å². The second-order valence-electron chi connectivity index (χ2n) is 13.3. The van der Waals surface area contributed by atoms with Crippen LogP contribution in [-0.4, -0.2) is 82.2 Å². The number of nitrogens with zero attached hydrogens (tertiary/aromatic N) is 3. The summed E-state index contributed by atoms with van der Waals surface area (Å²) in [5.41, 5.74) is -1.37. The maximum Gasteiger partial charge on any atom is 0.253 e. The lowest BCUT2D eigenvalue weighted by Crippen LogP contribution is -2.59. The molecule has 6 atom stereocenters. The highest BCUT2D eigenvalue weighted by Gasteiger charge is 2.78. The Morgan fingerprint density at radius 1 is 1.09 bits per heavy atom. The van der Waals surface area contributed by atoms with Gasteiger partial charge in [-0.3, -0.25) is 14.4 Å². The first-order valence-corrected chi connectivity index (χ1v) is 16.0. The summed E-state index contributed by atoms with van der Waals surface area (Å²) in [6.07, 6.45) is 5.70. The van der Waals surface area contributed by atoms with Crippen molar-refractivity contribution in [2.24, 2.45) is 17.8 Å². The van der Waals surface area contributed by atoms with Crippen LogP contribution in [0.3, 0.4) is 0 Å². The topological polar surface area (TPSA) is 90.4 Å². The van der Waals surface area contributed by atoms with Crippen molar-refractivity contribution in [1.82, 2.24) is 9.80 Å². The van der Waals surface area contributed by atoms with E-state index in [2.05, 4.69) is 13.2 Å². The minimum atomic E-state index is -1.18. The van der Waals surface area contributed by atoms with Gasteiger partial charge in [-0.05, 0) is 61.4 Å². The van der Waals surface area contributed by atoms with Gasteiger partial charge in [0.1, 0.15) is 11.6 Å². The molecule has 2 bridgehead atoms. The summed E-state index contributed by atoms with van der Waals surface area (Å²) in [4.78, 5) is 49.0. The van der Waals surface area contributed by atoms with E-state index in [1.165, 1.54) is 0 Å². The molecule has 3 fully saturated rings. The Bertz CT molecular complexity index is 1440. The molecule has 2 unspecified atom stereocenters. The van der Waals surface area contributed by atoms with Crippen molar-refractivity contribution in [3.05, 3.63) is 67.8 Å². The Hall–Kier alpha value is -3.49. The third-order valence-corrected chi connectivity index (χ3v) is 9.84. The Morgan fingerprint density at radius 3 is 2.43 bits per heavy atom. The molecule has 5 rings (SSSR count). The van der Waals surface area contributed by atoms with Crippen LogP contribution in [0.15, 0.2) is 67.8 Å². The highest BCUT2D eigenvalue weighted by Crippen LogP contribution is 2.64. The fourth-order valence-electron chi connectivity index (χ4n) is 8.09. The number of rotatable bonds is 13. The highest BCUT2D eigenvalue weighted by atomic mass is 16.5. The largest absolute Gasteiger partial charge is 0.394 e. The summed E-state index contributed by atoms with van der Waals surface area (Å²) < 4.78 is 6.89. The zero-order chi connectivity index (χ0) is 31.8. The molecule has 0 radical (unpaired) electrons. The van der Waals surface area contributed by atoms with Crippen LogP contribution >= 0.6 is 0 Å². The van der Waals surface area contributed by atoms with Gasteiger partial charge in [0.15, 0.2) is 0 Å². The first-order chi connectivity index (χ1) is 21.1. The quantitative estimate of drug-likeness (QED) is 0.328. The molecule has 0 aromatic heterocycles. The number of ether oxygens (including phenoxy) is 1. The molecule has 2 aromatic rings. The smallest absolute Gasteiger partial charge is 0.253 e. The van der Waals surface area contributed by atoms with Gasteiger partial charge >= 0.3 is 0 Å². The molecule has 44 heavy (non-hydrogen) atoms. The molecular formula is C36H47N3O5. The number of hydrogen-bond acceptors (Lipinski definition) is 5. The van der Waals surface area contributed by atoms with Gasteiger partial charge in [-0.25, -0.2) is 0 Å². The van der Waals surface area contributed by atoms with Crippen LogP contribution in [0.5, 0.6) is 0 Å². The Labute approximate surface area is 261 Å². The van der Waals surface area contributed by atoms with Crippen LogP contribution < -0.4 is 4.90 Å². The lowest BCUT2D eigenvalue weighted by atomic mass is 9.66. The Morgan fingerprint density at radius 2 is 1.80 bits per heavy atom. The van der Waals surface area contributed by atoms with E-state index >= 15 is 0 Å². The summed E-state index contributed by atoms with van der Waals surface area (Å²) in [5.74, 6) is -2.09. The second kappa shape index (κ2) is 12.5. The number of benzene rings is 2. The van der Waals surface area contributed by atoms with Gasteiger partial charge in [0, 0.05) is 25.3 Å². The van der Waals surface area contributed by atoms with Crippen molar-refractivity contribution in [2.75, 3.05) is 31.1 Å². The summed E-state index contributed by atoms with van der Waals surface area (Å²) in [6.45, 7) is 16.6. The molecule has 3 aliphatic rings. The van der Waals surface area contributed by atoms with Crippen molar-refractivity contribution in [3.8, 4) is 0 Å². The summed E-state index contributed by atoms with van der Waals surface area (Å²) >= 11 is 0. The van der Waals surface area contributed by atoms with Gasteiger partial charge in [0.25, 0.3) is 5.91 Å². The number of carbonyl (C=O) groups is 3. The molecule has 8 nitrogen and oxygen atoms in total. The number of likely N-dealkylation sites (tertiary alicyclic amines) is 1. The molecule has 3 aliphatic heterocycles. The number of carbonyl (C=O) groups excluding carboxylic acids is 3. The molecule has 236 valence electrons. The number of hydrogen-bond donors (Lipinski definition) is 1. The van der Waals surface area contributed by atoms with Gasteiger partial charge in [-0.2, -0.15) is 0 Å². The van der Waals surface area contributed by atoms with Crippen LogP contribution in [0.2, 0.25) is 0 Å². The third-order valence-electron chi connectivity index (χ3n) is 9.84. The Kier molecular flexibility index (Phi) is 9.06. The second-order valence-corrected chi connectivity index (χ2v) is 13.3. The van der Waals surface area contributed by atoms with Crippen LogP contribution in [-0.2, 0) is 19.1 Å². The summed E-state index contributed by atoms with van der Waals surface area (Å²) in [6, 6.07) is 12.2. The predicted octanol–water partition coefficient (Wildman–Crippen LogP) is 4.96. The van der Waals surface area contributed by atoms with Crippen molar-refractivity contribution < 1.29 is 24.2 Å². The number of fused-ring (bicyclic) bond motifs is 2. The summed E-state index contributed by atoms with van der Waals surface area (Å²) in [7, 11) is 0. The molecule has 3 amide bonds. The minimum absolute atomic E-state index is 0.135. The SMILES string of the molecule is C=CCN(CCC)C(=O)[C@@H]1[C@H]2C(=O)N([C@@H](CO)CC(C)C)C(C(=O)N(CC=C)c3ccc4ccccc4c3)C23CC[C@@]1(C)O3. The molecule has 3 saturated heterocycles. The van der Waals surface area contributed by atoms with Crippen molar-refractivity contribution in [1.29, 1.82) is 0 Å². The van der Waals surface area contributed by atoms with E-state index in [9.17, 15) is 19.5 Å². The average molecular weight is 602 g/mol. The fraction of sp³-hybridized carbons (Fsp3) is 0.528. The van der Waals surface area contributed by atoms with Crippen LogP contribution in [0.1, 0.15) is 53.4 Å². The highest BCUT2D eigenvalue weighted by molar-refractivity contribution is 6.06. The normalized spacial score (nSPS) is 27.9. The molecule has 2 aromatic carbocycles.